The first kappa shape index (κ1) is 26.4. The standard InChI is InChI=1S/C30H27ClFN5O2/c1-2-39-29-16-22(9-11-34-29)18-35-30(38)37-27-8-6-21(17-33)14-23(27)24-19-36(13-10-28(24)37)12-3-4-20-5-7-25(31)26(32)15-20/h3-9,11,14-16H,2,10,12-13,18-19H2,1H3,(H,35,38)/b4-3+. The van der Waals surface area contributed by atoms with Gasteiger partial charge in [-0.2, -0.15) is 5.26 Å². The number of amides is 1. The number of carbonyl (C=O) groups excluding carboxylic acids is 1. The van der Waals surface area contributed by atoms with Gasteiger partial charge in [-0.1, -0.05) is 29.8 Å². The lowest BCUT2D eigenvalue weighted by Gasteiger charge is -2.27. The predicted molar refractivity (Wildman–Crippen MR) is 149 cm³/mol. The summed E-state index contributed by atoms with van der Waals surface area (Å²) in [4.78, 5) is 19.9. The van der Waals surface area contributed by atoms with Crippen molar-refractivity contribution in [2.24, 2.45) is 0 Å². The van der Waals surface area contributed by atoms with Crippen molar-refractivity contribution in [2.75, 3.05) is 19.7 Å². The minimum absolute atomic E-state index is 0.101. The maximum Gasteiger partial charge on any atom is 0.326 e. The lowest BCUT2D eigenvalue weighted by atomic mass is 10.0. The molecule has 1 amide bonds. The van der Waals surface area contributed by atoms with Crippen LogP contribution in [-0.4, -0.2) is 40.2 Å². The van der Waals surface area contributed by atoms with E-state index in [9.17, 15) is 14.4 Å². The fourth-order valence-corrected chi connectivity index (χ4v) is 4.99. The molecular weight excluding hydrogens is 517 g/mol. The number of hydrogen-bond donors (Lipinski definition) is 1. The molecule has 0 aliphatic carbocycles. The quantitative estimate of drug-likeness (QED) is 0.312. The number of nitriles is 1. The first-order valence-electron chi connectivity index (χ1n) is 12.7. The number of rotatable bonds is 7. The highest BCUT2D eigenvalue weighted by molar-refractivity contribution is 6.30. The van der Waals surface area contributed by atoms with E-state index in [1.54, 1.807) is 29.0 Å². The molecule has 0 bridgehead atoms. The molecule has 0 saturated carbocycles. The highest BCUT2D eigenvalue weighted by Crippen LogP contribution is 2.32. The van der Waals surface area contributed by atoms with Gasteiger partial charge in [0.1, 0.15) is 5.82 Å². The zero-order chi connectivity index (χ0) is 27.4. The molecule has 1 aliphatic rings. The van der Waals surface area contributed by atoms with Crippen molar-refractivity contribution in [3.63, 3.8) is 0 Å². The van der Waals surface area contributed by atoms with Crippen molar-refractivity contribution in [1.82, 2.24) is 19.8 Å². The van der Waals surface area contributed by atoms with E-state index in [1.165, 1.54) is 6.07 Å². The largest absolute Gasteiger partial charge is 0.478 e. The number of hydrogen-bond acceptors (Lipinski definition) is 5. The Morgan fingerprint density at radius 1 is 1.26 bits per heavy atom. The van der Waals surface area contributed by atoms with Crippen molar-refractivity contribution in [3.8, 4) is 11.9 Å². The van der Waals surface area contributed by atoms with Crippen LogP contribution < -0.4 is 10.1 Å². The minimum atomic E-state index is -0.445. The van der Waals surface area contributed by atoms with Crippen molar-refractivity contribution >= 4 is 34.6 Å². The van der Waals surface area contributed by atoms with Gasteiger partial charge >= 0.3 is 6.03 Å². The number of fused-ring (bicyclic) bond motifs is 3. The van der Waals surface area contributed by atoms with Gasteiger partial charge in [-0.25, -0.2) is 14.2 Å². The van der Waals surface area contributed by atoms with Gasteiger partial charge < -0.3 is 10.1 Å². The molecule has 0 atom stereocenters. The Labute approximate surface area is 231 Å². The number of benzene rings is 2. The normalized spacial score (nSPS) is 13.4. The van der Waals surface area contributed by atoms with Gasteiger partial charge in [0.25, 0.3) is 0 Å². The minimum Gasteiger partial charge on any atom is -0.478 e. The van der Waals surface area contributed by atoms with Crippen LogP contribution in [0.2, 0.25) is 5.02 Å². The highest BCUT2D eigenvalue weighted by atomic mass is 35.5. The van der Waals surface area contributed by atoms with Crippen molar-refractivity contribution in [2.45, 2.75) is 26.4 Å². The Balaban J connectivity index is 1.37. The van der Waals surface area contributed by atoms with Gasteiger partial charge in [0.05, 0.1) is 28.8 Å². The second kappa shape index (κ2) is 11.7. The van der Waals surface area contributed by atoms with Crippen LogP contribution in [0.25, 0.3) is 17.0 Å². The Morgan fingerprint density at radius 2 is 2.13 bits per heavy atom. The summed E-state index contributed by atoms with van der Waals surface area (Å²) in [5, 5.41) is 13.5. The molecule has 0 spiro atoms. The second-order valence-corrected chi connectivity index (χ2v) is 9.67. The Bertz CT molecular complexity index is 1610. The number of halogens is 2. The van der Waals surface area contributed by atoms with E-state index < -0.39 is 5.82 Å². The number of ether oxygens (including phenoxy) is 1. The molecular formula is C30H27ClFN5O2. The summed E-state index contributed by atoms with van der Waals surface area (Å²) < 4.78 is 21.0. The Kier molecular flexibility index (Phi) is 7.92. The van der Waals surface area contributed by atoms with Crippen molar-refractivity contribution in [1.29, 1.82) is 5.26 Å². The summed E-state index contributed by atoms with van der Waals surface area (Å²) >= 11 is 5.78. The number of pyridine rings is 1. The number of nitrogens with one attached hydrogen (secondary N) is 1. The van der Waals surface area contributed by atoms with Crippen LogP contribution in [0.5, 0.6) is 5.88 Å². The molecule has 9 heteroatoms. The van der Waals surface area contributed by atoms with E-state index in [1.807, 2.05) is 43.3 Å². The zero-order valence-electron chi connectivity index (χ0n) is 21.5. The molecule has 2 aromatic heterocycles. The molecule has 2 aromatic carbocycles. The van der Waals surface area contributed by atoms with Gasteiger partial charge in [0, 0.05) is 55.9 Å². The van der Waals surface area contributed by atoms with E-state index in [4.69, 9.17) is 16.3 Å². The molecule has 39 heavy (non-hydrogen) atoms. The summed E-state index contributed by atoms with van der Waals surface area (Å²) in [5.41, 5.74) is 4.93. The molecule has 0 radical (unpaired) electrons. The molecule has 1 N–H and O–H groups in total. The summed E-state index contributed by atoms with van der Waals surface area (Å²) in [5.74, 6) is 0.0758. The van der Waals surface area contributed by atoms with Crippen LogP contribution in [-0.2, 0) is 19.5 Å². The molecule has 1 aliphatic heterocycles. The summed E-state index contributed by atoms with van der Waals surface area (Å²) in [7, 11) is 0. The third-order valence-corrected chi connectivity index (χ3v) is 7.02. The van der Waals surface area contributed by atoms with Gasteiger partial charge in [-0.15, -0.1) is 0 Å². The smallest absolute Gasteiger partial charge is 0.326 e. The van der Waals surface area contributed by atoms with E-state index >= 15 is 0 Å². The summed E-state index contributed by atoms with van der Waals surface area (Å²) in [6.07, 6.45) is 6.20. The van der Waals surface area contributed by atoms with Gasteiger partial charge in [0.15, 0.2) is 0 Å². The van der Waals surface area contributed by atoms with Crippen molar-refractivity contribution in [3.05, 3.63) is 99.6 Å². The fraction of sp³-hybridized carbons (Fsp3) is 0.233. The predicted octanol–water partition coefficient (Wildman–Crippen LogP) is 5.93. The number of carbonyl (C=O) groups is 1. The van der Waals surface area contributed by atoms with Gasteiger partial charge in [0.2, 0.25) is 5.88 Å². The van der Waals surface area contributed by atoms with Crippen molar-refractivity contribution < 1.29 is 13.9 Å². The molecule has 0 fully saturated rings. The van der Waals surface area contributed by atoms with Crippen LogP contribution in [0.3, 0.4) is 0 Å². The first-order valence-corrected chi connectivity index (χ1v) is 13.1. The summed E-state index contributed by atoms with van der Waals surface area (Å²) in [6.45, 7) is 4.78. The van der Waals surface area contributed by atoms with Crippen LogP contribution in [0.1, 0.15) is 34.9 Å². The monoisotopic (exact) mass is 543 g/mol. The maximum atomic E-state index is 13.8. The SMILES string of the molecule is CCOc1cc(CNC(=O)n2c3c(c4cc(C#N)ccc42)CN(C/C=C/c2ccc(Cl)c(F)c2)CC3)ccn1. The van der Waals surface area contributed by atoms with E-state index in [-0.39, 0.29) is 11.1 Å². The summed E-state index contributed by atoms with van der Waals surface area (Å²) in [6, 6.07) is 15.8. The fourth-order valence-electron chi connectivity index (χ4n) is 4.87. The molecule has 3 heterocycles. The van der Waals surface area contributed by atoms with Crippen LogP contribution >= 0.6 is 11.6 Å². The van der Waals surface area contributed by atoms with Crippen LogP contribution in [0.4, 0.5) is 9.18 Å². The molecule has 4 aromatic rings. The lowest BCUT2D eigenvalue weighted by Crippen LogP contribution is -2.34. The zero-order valence-corrected chi connectivity index (χ0v) is 22.2. The highest BCUT2D eigenvalue weighted by Gasteiger charge is 2.26. The number of aromatic nitrogens is 2. The topological polar surface area (TPSA) is 83.2 Å². The van der Waals surface area contributed by atoms with Gasteiger partial charge in [-0.3, -0.25) is 9.47 Å². The molecule has 0 unspecified atom stereocenters. The second-order valence-electron chi connectivity index (χ2n) is 9.26. The number of nitrogens with zero attached hydrogens (tertiary/aromatic N) is 4. The molecule has 5 rings (SSSR count). The molecule has 0 saturated heterocycles. The maximum absolute atomic E-state index is 13.8. The van der Waals surface area contributed by atoms with E-state index in [0.717, 1.165) is 39.8 Å². The van der Waals surface area contributed by atoms with E-state index in [0.29, 0.717) is 44.1 Å². The van der Waals surface area contributed by atoms with Crippen LogP contribution in [0.15, 0.2) is 60.8 Å². The molecule has 7 nitrogen and oxygen atoms in total. The Hall–Kier alpha value is -4.19. The van der Waals surface area contributed by atoms with Crippen LogP contribution in [0, 0.1) is 17.1 Å². The van der Waals surface area contributed by atoms with Gasteiger partial charge in [-0.05, 0) is 60.0 Å². The average Bonchev–Trinajstić information content (AvgIpc) is 3.27. The first-order chi connectivity index (χ1) is 19.0. The Morgan fingerprint density at radius 3 is 2.92 bits per heavy atom. The molecule has 198 valence electrons. The van der Waals surface area contributed by atoms with E-state index in [2.05, 4.69) is 21.3 Å². The lowest BCUT2D eigenvalue weighted by molar-refractivity contribution is 0.240. The third-order valence-electron chi connectivity index (χ3n) is 6.71. The third kappa shape index (κ3) is 5.80. The average molecular weight is 544 g/mol.